The van der Waals surface area contributed by atoms with Gasteiger partial charge in [-0.05, 0) is 37.3 Å². The zero-order valence-electron chi connectivity index (χ0n) is 11.6. The van der Waals surface area contributed by atoms with Crippen molar-refractivity contribution in [1.29, 1.82) is 0 Å². The lowest BCUT2D eigenvalue weighted by molar-refractivity contribution is 0.109. The van der Waals surface area contributed by atoms with Gasteiger partial charge in [0.05, 0.1) is 21.3 Å². The molecule has 3 atom stereocenters. The Morgan fingerprint density at radius 1 is 1.30 bits per heavy atom. The summed E-state index contributed by atoms with van der Waals surface area (Å²) in [7, 11) is -3.58. The summed E-state index contributed by atoms with van der Waals surface area (Å²) in [6.45, 7) is 2.10. The third kappa shape index (κ3) is 3.18. The Morgan fingerprint density at radius 3 is 2.65 bits per heavy atom. The molecule has 0 bridgehead atoms. The van der Waals surface area contributed by atoms with Gasteiger partial charge < -0.3 is 5.11 Å². The van der Waals surface area contributed by atoms with E-state index in [2.05, 4.69) is 6.92 Å². The Bertz CT molecular complexity index is 556. The molecule has 3 unspecified atom stereocenters. The number of aliphatic hydroxyl groups excluding tert-OH is 1. The molecule has 20 heavy (non-hydrogen) atoms. The van der Waals surface area contributed by atoms with Gasteiger partial charge in [0.1, 0.15) is 0 Å². The first-order valence-corrected chi connectivity index (χ1v) is 9.05. The van der Waals surface area contributed by atoms with E-state index in [1.807, 2.05) is 0 Å². The van der Waals surface area contributed by atoms with Crippen LogP contribution in [-0.2, 0) is 9.84 Å². The molecule has 1 aliphatic rings. The van der Waals surface area contributed by atoms with Gasteiger partial charge in [0.25, 0.3) is 0 Å². The van der Waals surface area contributed by atoms with E-state index >= 15 is 0 Å². The fourth-order valence-corrected chi connectivity index (χ4v) is 5.51. The van der Waals surface area contributed by atoms with Crippen LogP contribution in [0.2, 0.25) is 5.02 Å². The number of halogens is 1. The maximum atomic E-state index is 12.7. The first kappa shape index (κ1) is 15.8. The number of benzene rings is 1. The van der Waals surface area contributed by atoms with E-state index in [0.717, 1.165) is 19.3 Å². The molecule has 3 nitrogen and oxygen atoms in total. The standard InChI is InChI=1S/C15H21ClO3S/c1-2-5-11-8-9-13(17)15(10-11)20(18,19)14-7-4-3-6-12(14)16/h3-4,6-7,11,13,15,17H,2,5,8-10H2,1H3. The van der Waals surface area contributed by atoms with Crippen LogP contribution in [0.5, 0.6) is 0 Å². The predicted molar refractivity (Wildman–Crippen MR) is 80.7 cm³/mol. The van der Waals surface area contributed by atoms with Crippen LogP contribution in [0, 0.1) is 5.92 Å². The molecule has 1 fully saturated rings. The lowest BCUT2D eigenvalue weighted by Crippen LogP contribution is -2.40. The molecule has 1 aliphatic carbocycles. The van der Waals surface area contributed by atoms with Gasteiger partial charge in [0.2, 0.25) is 0 Å². The van der Waals surface area contributed by atoms with Crippen LogP contribution in [0.3, 0.4) is 0 Å². The van der Waals surface area contributed by atoms with E-state index in [0.29, 0.717) is 18.8 Å². The van der Waals surface area contributed by atoms with E-state index < -0.39 is 21.2 Å². The number of hydrogen-bond donors (Lipinski definition) is 1. The summed E-state index contributed by atoms with van der Waals surface area (Å²) in [6.07, 6.45) is 3.26. The molecule has 1 aromatic rings. The van der Waals surface area contributed by atoms with Crippen LogP contribution in [-0.4, -0.2) is 24.9 Å². The molecule has 0 spiro atoms. The second kappa shape index (κ2) is 6.46. The number of hydrogen-bond acceptors (Lipinski definition) is 3. The summed E-state index contributed by atoms with van der Waals surface area (Å²) >= 11 is 6.01. The third-order valence-electron chi connectivity index (χ3n) is 4.10. The largest absolute Gasteiger partial charge is 0.392 e. The summed E-state index contributed by atoms with van der Waals surface area (Å²) in [6, 6.07) is 6.47. The highest BCUT2D eigenvalue weighted by atomic mass is 35.5. The summed E-state index contributed by atoms with van der Waals surface area (Å²) in [5, 5.41) is 9.63. The Morgan fingerprint density at radius 2 is 2.00 bits per heavy atom. The molecule has 0 heterocycles. The second-order valence-electron chi connectivity index (χ2n) is 5.55. The number of aliphatic hydroxyl groups is 1. The van der Waals surface area contributed by atoms with Gasteiger partial charge in [0.15, 0.2) is 9.84 Å². The molecule has 0 aliphatic heterocycles. The molecule has 112 valence electrons. The third-order valence-corrected chi connectivity index (χ3v) is 6.82. The maximum absolute atomic E-state index is 12.7. The average Bonchev–Trinajstić information content (AvgIpc) is 2.41. The lowest BCUT2D eigenvalue weighted by atomic mass is 9.84. The van der Waals surface area contributed by atoms with E-state index in [1.54, 1.807) is 18.2 Å². The van der Waals surface area contributed by atoms with Crippen molar-refractivity contribution in [2.24, 2.45) is 5.92 Å². The number of rotatable bonds is 4. The van der Waals surface area contributed by atoms with Gasteiger partial charge >= 0.3 is 0 Å². The van der Waals surface area contributed by atoms with Gasteiger partial charge in [-0.3, -0.25) is 0 Å². The minimum atomic E-state index is -3.58. The molecular formula is C15H21ClO3S. The average molecular weight is 317 g/mol. The summed E-state index contributed by atoms with van der Waals surface area (Å²) in [5.74, 6) is 0.380. The molecule has 1 aromatic carbocycles. The van der Waals surface area contributed by atoms with E-state index in [1.165, 1.54) is 6.07 Å². The predicted octanol–water partition coefficient (Wildman–Crippen LogP) is 3.44. The molecule has 1 N–H and O–H groups in total. The van der Waals surface area contributed by atoms with Crippen LogP contribution in [0.15, 0.2) is 29.2 Å². The Hall–Kier alpha value is -0.580. The van der Waals surface area contributed by atoms with Crippen LogP contribution >= 0.6 is 11.6 Å². The zero-order chi connectivity index (χ0) is 14.8. The minimum absolute atomic E-state index is 0.142. The molecule has 1 saturated carbocycles. The number of sulfone groups is 1. The van der Waals surface area contributed by atoms with Crippen molar-refractivity contribution in [2.45, 2.75) is 55.3 Å². The van der Waals surface area contributed by atoms with Crippen LogP contribution < -0.4 is 0 Å². The van der Waals surface area contributed by atoms with Gasteiger partial charge in [-0.15, -0.1) is 0 Å². The Kier molecular flexibility index (Phi) is 5.10. The summed E-state index contributed by atoms with van der Waals surface area (Å²) < 4.78 is 25.4. The van der Waals surface area contributed by atoms with Crippen molar-refractivity contribution in [3.8, 4) is 0 Å². The molecule has 2 rings (SSSR count). The zero-order valence-corrected chi connectivity index (χ0v) is 13.2. The summed E-state index contributed by atoms with van der Waals surface area (Å²) in [4.78, 5) is 0.142. The fourth-order valence-electron chi connectivity index (χ4n) is 3.04. The minimum Gasteiger partial charge on any atom is -0.392 e. The molecule has 0 radical (unpaired) electrons. The van der Waals surface area contributed by atoms with Crippen molar-refractivity contribution >= 4 is 21.4 Å². The van der Waals surface area contributed by atoms with Crippen molar-refractivity contribution in [3.05, 3.63) is 29.3 Å². The van der Waals surface area contributed by atoms with Gasteiger partial charge in [-0.2, -0.15) is 0 Å². The van der Waals surface area contributed by atoms with Crippen LogP contribution in [0.1, 0.15) is 39.0 Å². The van der Waals surface area contributed by atoms with Crippen molar-refractivity contribution in [2.75, 3.05) is 0 Å². The quantitative estimate of drug-likeness (QED) is 0.925. The fraction of sp³-hybridized carbons (Fsp3) is 0.600. The van der Waals surface area contributed by atoms with Gasteiger partial charge in [-0.25, -0.2) is 8.42 Å². The van der Waals surface area contributed by atoms with Gasteiger partial charge in [-0.1, -0.05) is 43.5 Å². The molecule has 5 heteroatoms. The smallest absolute Gasteiger partial charge is 0.185 e. The Labute approximate surface area is 125 Å². The molecule has 0 aromatic heterocycles. The SMILES string of the molecule is CCCC1CCC(O)C(S(=O)(=O)c2ccccc2Cl)C1. The van der Waals surface area contributed by atoms with Gasteiger partial charge in [0, 0.05) is 0 Å². The monoisotopic (exact) mass is 316 g/mol. The highest BCUT2D eigenvalue weighted by Crippen LogP contribution is 2.36. The normalized spacial score (nSPS) is 27.4. The van der Waals surface area contributed by atoms with E-state index in [4.69, 9.17) is 11.6 Å². The topological polar surface area (TPSA) is 54.4 Å². The van der Waals surface area contributed by atoms with E-state index in [-0.39, 0.29) is 9.92 Å². The molecule has 0 saturated heterocycles. The summed E-state index contributed by atoms with van der Waals surface area (Å²) in [5.41, 5.74) is 0. The highest BCUT2D eigenvalue weighted by Gasteiger charge is 2.39. The Balaban J connectivity index is 2.30. The maximum Gasteiger partial charge on any atom is 0.185 e. The van der Waals surface area contributed by atoms with Crippen molar-refractivity contribution in [1.82, 2.24) is 0 Å². The van der Waals surface area contributed by atoms with Crippen LogP contribution in [0.25, 0.3) is 0 Å². The van der Waals surface area contributed by atoms with Crippen molar-refractivity contribution in [3.63, 3.8) is 0 Å². The second-order valence-corrected chi connectivity index (χ2v) is 8.09. The van der Waals surface area contributed by atoms with E-state index in [9.17, 15) is 13.5 Å². The highest BCUT2D eigenvalue weighted by molar-refractivity contribution is 7.92. The molecular weight excluding hydrogens is 296 g/mol. The first-order valence-electron chi connectivity index (χ1n) is 7.13. The lowest BCUT2D eigenvalue weighted by Gasteiger charge is -2.33. The molecule has 0 amide bonds. The van der Waals surface area contributed by atoms with Crippen molar-refractivity contribution < 1.29 is 13.5 Å². The van der Waals surface area contributed by atoms with Crippen LogP contribution in [0.4, 0.5) is 0 Å². The first-order chi connectivity index (χ1) is 9.46.